The first-order chi connectivity index (χ1) is 9.49. The number of aliphatic hydroxyl groups is 1. The summed E-state index contributed by atoms with van der Waals surface area (Å²) < 4.78 is 5.24. The average molecular weight is 282 g/mol. The summed E-state index contributed by atoms with van der Waals surface area (Å²) in [5, 5.41) is 20.3. The van der Waals surface area contributed by atoms with Crippen LogP contribution in [0.4, 0.5) is 4.79 Å². The van der Waals surface area contributed by atoms with Crippen molar-refractivity contribution in [2.24, 2.45) is 0 Å². The number of carboxylic acid groups (broad SMARTS) is 1. The van der Waals surface area contributed by atoms with E-state index in [1.807, 2.05) is 0 Å². The number of rotatable bonds is 7. The fourth-order valence-electron chi connectivity index (χ4n) is 1.67. The normalized spacial score (nSPS) is 10.1. The number of hydrogen-bond donors (Lipinski definition) is 3. The zero-order valence-electron chi connectivity index (χ0n) is 11.3. The molecule has 0 unspecified atom stereocenters. The molecule has 0 aromatic carbocycles. The van der Waals surface area contributed by atoms with E-state index in [1.165, 1.54) is 11.0 Å². The Morgan fingerprint density at radius 2 is 2.25 bits per heavy atom. The highest BCUT2D eigenvalue weighted by Gasteiger charge is 2.15. The summed E-state index contributed by atoms with van der Waals surface area (Å²) in [6, 6.07) is 0.992. The lowest BCUT2D eigenvalue weighted by atomic mass is 10.2. The molecule has 0 saturated carbocycles. The first-order valence-corrected chi connectivity index (χ1v) is 6.06. The number of carbonyl (C=O) groups is 2. The molecule has 0 aliphatic heterocycles. The predicted octanol–water partition coefficient (Wildman–Crippen LogP) is 0.976. The standard InChI is InChI=1S/C13H18N2O5/c1-3-4-15(5-6-16)13(19)14-8-10-7-11(12(17)18)9(2)20-10/h3,7,16H,1,4-6,8H2,2H3,(H,14,19)(H,17,18). The van der Waals surface area contributed by atoms with E-state index < -0.39 is 5.97 Å². The van der Waals surface area contributed by atoms with Gasteiger partial charge in [-0.1, -0.05) is 6.08 Å². The van der Waals surface area contributed by atoms with Crippen LogP contribution in [-0.2, 0) is 6.54 Å². The topological polar surface area (TPSA) is 103 Å². The van der Waals surface area contributed by atoms with Crippen LogP contribution in [0, 0.1) is 6.92 Å². The lowest BCUT2D eigenvalue weighted by molar-refractivity contribution is 0.0695. The molecule has 0 radical (unpaired) electrons. The highest BCUT2D eigenvalue weighted by Crippen LogP contribution is 2.14. The number of urea groups is 1. The van der Waals surface area contributed by atoms with Crippen LogP contribution in [0.1, 0.15) is 21.9 Å². The second-order valence-corrected chi connectivity index (χ2v) is 4.10. The molecule has 7 nitrogen and oxygen atoms in total. The van der Waals surface area contributed by atoms with Gasteiger partial charge in [-0.2, -0.15) is 0 Å². The number of aryl methyl sites for hydroxylation is 1. The minimum Gasteiger partial charge on any atom is -0.478 e. The van der Waals surface area contributed by atoms with Gasteiger partial charge in [0.2, 0.25) is 0 Å². The minimum atomic E-state index is -1.07. The third kappa shape index (κ3) is 4.13. The minimum absolute atomic E-state index is 0.0754. The van der Waals surface area contributed by atoms with Crippen molar-refractivity contribution < 1.29 is 24.2 Å². The van der Waals surface area contributed by atoms with E-state index in [-0.39, 0.29) is 31.3 Å². The van der Waals surface area contributed by atoms with Gasteiger partial charge in [0, 0.05) is 13.1 Å². The fraction of sp³-hybridized carbons (Fsp3) is 0.385. The van der Waals surface area contributed by atoms with Crippen molar-refractivity contribution in [1.29, 1.82) is 0 Å². The summed E-state index contributed by atoms with van der Waals surface area (Å²) in [4.78, 5) is 24.1. The summed E-state index contributed by atoms with van der Waals surface area (Å²) in [6.45, 7) is 5.50. The molecule has 20 heavy (non-hydrogen) atoms. The Morgan fingerprint density at radius 3 is 2.75 bits per heavy atom. The van der Waals surface area contributed by atoms with Crippen molar-refractivity contribution in [1.82, 2.24) is 10.2 Å². The molecular formula is C13H18N2O5. The SMILES string of the molecule is C=CCN(CCO)C(=O)NCc1cc(C(=O)O)c(C)o1. The first-order valence-electron chi connectivity index (χ1n) is 6.06. The van der Waals surface area contributed by atoms with Crippen LogP contribution in [0.3, 0.4) is 0 Å². The molecular weight excluding hydrogens is 264 g/mol. The van der Waals surface area contributed by atoms with Crippen molar-refractivity contribution >= 4 is 12.0 Å². The van der Waals surface area contributed by atoms with E-state index in [9.17, 15) is 9.59 Å². The summed E-state index contributed by atoms with van der Waals surface area (Å²) in [5.74, 6) is -0.423. The van der Waals surface area contributed by atoms with Gasteiger partial charge in [0.05, 0.1) is 13.2 Å². The molecule has 1 heterocycles. The van der Waals surface area contributed by atoms with Gasteiger partial charge in [0.15, 0.2) is 0 Å². The number of carboxylic acids is 1. The number of aliphatic hydroxyl groups excluding tert-OH is 1. The molecule has 0 bridgehead atoms. The van der Waals surface area contributed by atoms with Crippen molar-refractivity contribution in [3.8, 4) is 0 Å². The van der Waals surface area contributed by atoms with E-state index in [1.54, 1.807) is 13.0 Å². The Balaban J connectivity index is 2.61. The zero-order chi connectivity index (χ0) is 15.1. The van der Waals surface area contributed by atoms with Crippen molar-refractivity contribution in [2.75, 3.05) is 19.7 Å². The number of nitrogens with zero attached hydrogens (tertiary/aromatic N) is 1. The molecule has 0 aliphatic carbocycles. The van der Waals surface area contributed by atoms with Crippen LogP contribution in [0.5, 0.6) is 0 Å². The molecule has 0 aliphatic rings. The largest absolute Gasteiger partial charge is 0.478 e. The molecule has 0 saturated heterocycles. The summed E-state index contributed by atoms with van der Waals surface area (Å²) in [6.07, 6.45) is 1.55. The maximum absolute atomic E-state index is 11.8. The van der Waals surface area contributed by atoms with Gasteiger partial charge in [-0.3, -0.25) is 0 Å². The third-order valence-electron chi connectivity index (χ3n) is 2.62. The number of aromatic carboxylic acids is 1. The summed E-state index contributed by atoms with van der Waals surface area (Å²) in [5.41, 5.74) is 0.0764. The molecule has 0 fully saturated rings. The van der Waals surface area contributed by atoms with Gasteiger partial charge in [-0.05, 0) is 13.0 Å². The molecule has 110 valence electrons. The smallest absolute Gasteiger partial charge is 0.339 e. The lowest BCUT2D eigenvalue weighted by Gasteiger charge is -2.20. The number of carbonyl (C=O) groups excluding carboxylic acids is 1. The van der Waals surface area contributed by atoms with E-state index in [0.29, 0.717) is 18.1 Å². The molecule has 1 aromatic heterocycles. The van der Waals surface area contributed by atoms with Crippen molar-refractivity contribution in [3.05, 3.63) is 35.8 Å². The van der Waals surface area contributed by atoms with Gasteiger partial charge in [0.25, 0.3) is 0 Å². The fourth-order valence-corrected chi connectivity index (χ4v) is 1.67. The Kier molecular flexibility index (Phi) is 5.79. The quantitative estimate of drug-likeness (QED) is 0.647. The monoisotopic (exact) mass is 282 g/mol. The van der Waals surface area contributed by atoms with Gasteiger partial charge in [-0.25, -0.2) is 9.59 Å². The predicted molar refractivity (Wildman–Crippen MR) is 71.5 cm³/mol. The molecule has 0 atom stereocenters. The van der Waals surface area contributed by atoms with Crippen LogP contribution in [-0.4, -0.2) is 46.8 Å². The average Bonchev–Trinajstić information content (AvgIpc) is 2.77. The van der Waals surface area contributed by atoms with Gasteiger partial charge >= 0.3 is 12.0 Å². The molecule has 1 aromatic rings. The van der Waals surface area contributed by atoms with Gasteiger partial charge in [0.1, 0.15) is 17.1 Å². The summed E-state index contributed by atoms with van der Waals surface area (Å²) in [7, 11) is 0. The van der Waals surface area contributed by atoms with Crippen LogP contribution < -0.4 is 5.32 Å². The lowest BCUT2D eigenvalue weighted by Crippen LogP contribution is -2.41. The van der Waals surface area contributed by atoms with E-state index in [0.717, 1.165) is 0 Å². The van der Waals surface area contributed by atoms with Crippen LogP contribution in [0.25, 0.3) is 0 Å². The molecule has 0 spiro atoms. The molecule has 7 heteroatoms. The van der Waals surface area contributed by atoms with Gasteiger partial charge in [-0.15, -0.1) is 6.58 Å². The Bertz CT molecular complexity index is 495. The second-order valence-electron chi connectivity index (χ2n) is 4.10. The number of hydrogen-bond acceptors (Lipinski definition) is 4. The third-order valence-corrected chi connectivity index (χ3v) is 2.62. The van der Waals surface area contributed by atoms with Crippen LogP contribution >= 0.6 is 0 Å². The summed E-state index contributed by atoms with van der Waals surface area (Å²) >= 11 is 0. The van der Waals surface area contributed by atoms with Crippen LogP contribution in [0.15, 0.2) is 23.1 Å². The maximum atomic E-state index is 11.8. The van der Waals surface area contributed by atoms with E-state index in [2.05, 4.69) is 11.9 Å². The number of furan rings is 1. The Labute approximate surface area is 116 Å². The van der Waals surface area contributed by atoms with Gasteiger partial charge < -0.3 is 24.8 Å². The van der Waals surface area contributed by atoms with Crippen molar-refractivity contribution in [2.45, 2.75) is 13.5 Å². The highest BCUT2D eigenvalue weighted by atomic mass is 16.4. The highest BCUT2D eigenvalue weighted by molar-refractivity contribution is 5.88. The Morgan fingerprint density at radius 1 is 1.55 bits per heavy atom. The molecule has 2 amide bonds. The first kappa shape index (κ1) is 15.8. The second kappa shape index (κ2) is 7.34. The van der Waals surface area contributed by atoms with E-state index >= 15 is 0 Å². The van der Waals surface area contributed by atoms with Crippen molar-refractivity contribution in [3.63, 3.8) is 0 Å². The zero-order valence-corrected chi connectivity index (χ0v) is 11.3. The number of amides is 2. The maximum Gasteiger partial charge on any atom is 0.339 e. The molecule has 1 rings (SSSR count). The van der Waals surface area contributed by atoms with Crippen LogP contribution in [0.2, 0.25) is 0 Å². The Hall–Kier alpha value is -2.28. The number of nitrogens with one attached hydrogen (secondary N) is 1. The van der Waals surface area contributed by atoms with E-state index in [4.69, 9.17) is 14.6 Å². The molecule has 3 N–H and O–H groups in total.